The lowest BCUT2D eigenvalue weighted by Crippen LogP contribution is -2.39. The maximum atomic E-state index is 11.6. The Bertz CT molecular complexity index is 475. The molecule has 1 fully saturated rings. The van der Waals surface area contributed by atoms with Crippen LogP contribution in [-0.2, 0) is 14.3 Å². The third-order valence-corrected chi connectivity index (χ3v) is 3.03. The zero-order valence-electron chi connectivity index (χ0n) is 10.2. The predicted molar refractivity (Wildman–Crippen MR) is 69.9 cm³/mol. The second kappa shape index (κ2) is 6.49. The molecule has 1 aliphatic heterocycles. The zero-order chi connectivity index (χ0) is 13.7. The zero-order valence-corrected chi connectivity index (χ0v) is 10.9. The Kier molecular flexibility index (Phi) is 4.70. The first-order chi connectivity index (χ1) is 9.16. The summed E-state index contributed by atoms with van der Waals surface area (Å²) in [5, 5.41) is 5.07. The predicted octanol–water partition coefficient (Wildman–Crippen LogP) is 0.969. The first-order valence-electron chi connectivity index (χ1n) is 5.98. The van der Waals surface area contributed by atoms with Gasteiger partial charge in [0.2, 0.25) is 0 Å². The monoisotopic (exact) mass is 283 g/mol. The van der Waals surface area contributed by atoms with Crippen LogP contribution in [0.3, 0.4) is 0 Å². The largest absolute Gasteiger partial charge is 0.376 e. The van der Waals surface area contributed by atoms with Gasteiger partial charge in [0.15, 0.2) is 5.15 Å². The van der Waals surface area contributed by atoms with Gasteiger partial charge in [0.1, 0.15) is 0 Å². The molecule has 0 spiro atoms. The van der Waals surface area contributed by atoms with E-state index in [2.05, 4.69) is 15.6 Å². The molecule has 2 amide bonds. The van der Waals surface area contributed by atoms with Gasteiger partial charge in [0.05, 0.1) is 11.8 Å². The van der Waals surface area contributed by atoms with E-state index in [9.17, 15) is 9.59 Å². The van der Waals surface area contributed by atoms with Crippen molar-refractivity contribution in [3.8, 4) is 0 Å². The van der Waals surface area contributed by atoms with Crippen molar-refractivity contribution in [1.29, 1.82) is 0 Å². The Balaban J connectivity index is 1.82. The van der Waals surface area contributed by atoms with Crippen LogP contribution in [0.1, 0.15) is 12.8 Å². The lowest BCUT2D eigenvalue weighted by molar-refractivity contribution is -0.136. The van der Waals surface area contributed by atoms with Crippen molar-refractivity contribution in [2.45, 2.75) is 18.9 Å². The number of amides is 2. The standard InChI is InChI=1S/C12H14ClN3O3/c13-10-9(4-1-5-14-10)16-12(18)11(17)15-7-8-3-2-6-19-8/h1,4-5,8H,2-3,6-7H2,(H,15,17)(H,16,18). The van der Waals surface area contributed by atoms with Crippen LogP contribution in [0.25, 0.3) is 0 Å². The van der Waals surface area contributed by atoms with Crippen molar-refractivity contribution >= 4 is 29.1 Å². The number of aromatic nitrogens is 1. The fourth-order valence-electron chi connectivity index (χ4n) is 1.75. The molecule has 1 aliphatic rings. The number of nitrogens with zero attached hydrogens (tertiary/aromatic N) is 1. The summed E-state index contributed by atoms with van der Waals surface area (Å²) in [7, 11) is 0. The van der Waals surface area contributed by atoms with E-state index in [0.717, 1.165) is 12.8 Å². The van der Waals surface area contributed by atoms with Crippen LogP contribution in [0.15, 0.2) is 18.3 Å². The van der Waals surface area contributed by atoms with Gasteiger partial charge in [-0.25, -0.2) is 4.98 Å². The number of carbonyl (C=O) groups excluding carboxylic acids is 2. The Morgan fingerprint density at radius 2 is 2.32 bits per heavy atom. The molecule has 0 bridgehead atoms. The van der Waals surface area contributed by atoms with E-state index in [4.69, 9.17) is 16.3 Å². The second-order valence-electron chi connectivity index (χ2n) is 4.14. The number of pyridine rings is 1. The lowest BCUT2D eigenvalue weighted by atomic mass is 10.2. The molecule has 7 heteroatoms. The SMILES string of the molecule is O=C(NCC1CCCO1)C(=O)Nc1cccnc1Cl. The third kappa shape index (κ3) is 3.90. The van der Waals surface area contributed by atoms with Crippen LogP contribution >= 0.6 is 11.6 Å². The van der Waals surface area contributed by atoms with E-state index in [1.54, 1.807) is 12.1 Å². The van der Waals surface area contributed by atoms with Crippen molar-refractivity contribution in [2.24, 2.45) is 0 Å². The number of nitrogens with one attached hydrogen (secondary N) is 2. The summed E-state index contributed by atoms with van der Waals surface area (Å²) in [5.41, 5.74) is 0.307. The summed E-state index contributed by atoms with van der Waals surface area (Å²) in [6, 6.07) is 3.19. The Morgan fingerprint density at radius 1 is 1.47 bits per heavy atom. The molecule has 2 N–H and O–H groups in total. The van der Waals surface area contributed by atoms with Gasteiger partial charge in [-0.05, 0) is 25.0 Å². The molecule has 0 aromatic carbocycles. The molecular weight excluding hydrogens is 270 g/mol. The highest BCUT2D eigenvalue weighted by Gasteiger charge is 2.19. The highest BCUT2D eigenvalue weighted by atomic mass is 35.5. The van der Waals surface area contributed by atoms with Crippen molar-refractivity contribution in [2.75, 3.05) is 18.5 Å². The van der Waals surface area contributed by atoms with Crippen LogP contribution in [0.2, 0.25) is 5.15 Å². The maximum Gasteiger partial charge on any atom is 0.313 e. The minimum absolute atomic E-state index is 0.00118. The van der Waals surface area contributed by atoms with Gasteiger partial charge < -0.3 is 15.4 Å². The average Bonchev–Trinajstić information content (AvgIpc) is 2.91. The van der Waals surface area contributed by atoms with Crippen molar-refractivity contribution < 1.29 is 14.3 Å². The van der Waals surface area contributed by atoms with Gasteiger partial charge in [0, 0.05) is 19.3 Å². The molecule has 1 atom stereocenters. The molecule has 0 aliphatic carbocycles. The summed E-state index contributed by atoms with van der Waals surface area (Å²) < 4.78 is 5.34. The van der Waals surface area contributed by atoms with Gasteiger partial charge >= 0.3 is 11.8 Å². The molecule has 2 heterocycles. The fourth-order valence-corrected chi connectivity index (χ4v) is 1.92. The van der Waals surface area contributed by atoms with E-state index in [-0.39, 0.29) is 11.3 Å². The number of carbonyl (C=O) groups is 2. The molecule has 6 nitrogen and oxygen atoms in total. The van der Waals surface area contributed by atoms with Crippen molar-refractivity contribution in [3.05, 3.63) is 23.5 Å². The van der Waals surface area contributed by atoms with E-state index < -0.39 is 11.8 Å². The van der Waals surface area contributed by atoms with Crippen LogP contribution in [-0.4, -0.2) is 36.1 Å². The van der Waals surface area contributed by atoms with Gasteiger partial charge in [-0.3, -0.25) is 9.59 Å². The van der Waals surface area contributed by atoms with E-state index in [1.165, 1.54) is 6.20 Å². The minimum atomic E-state index is -0.770. The minimum Gasteiger partial charge on any atom is -0.376 e. The second-order valence-corrected chi connectivity index (χ2v) is 4.50. The molecule has 19 heavy (non-hydrogen) atoms. The summed E-state index contributed by atoms with van der Waals surface area (Å²) >= 11 is 5.78. The third-order valence-electron chi connectivity index (χ3n) is 2.73. The summed E-state index contributed by atoms with van der Waals surface area (Å²) in [6.07, 6.45) is 3.38. The molecule has 1 saturated heterocycles. The van der Waals surface area contributed by atoms with Crippen LogP contribution < -0.4 is 10.6 Å². The molecule has 0 saturated carbocycles. The molecule has 2 rings (SSSR count). The van der Waals surface area contributed by atoms with E-state index in [1.807, 2.05) is 0 Å². The normalized spacial score (nSPS) is 18.1. The van der Waals surface area contributed by atoms with Gasteiger partial charge in [-0.15, -0.1) is 0 Å². The molecule has 0 radical (unpaired) electrons. The molecule has 102 valence electrons. The van der Waals surface area contributed by atoms with E-state index >= 15 is 0 Å². The summed E-state index contributed by atoms with van der Waals surface area (Å²) in [4.78, 5) is 27.0. The fraction of sp³-hybridized carbons (Fsp3) is 0.417. The number of ether oxygens (including phenoxy) is 1. The van der Waals surface area contributed by atoms with Crippen molar-refractivity contribution in [3.63, 3.8) is 0 Å². The Morgan fingerprint density at radius 3 is 3.00 bits per heavy atom. The first-order valence-corrected chi connectivity index (χ1v) is 6.36. The summed E-state index contributed by atoms with van der Waals surface area (Å²) in [6.45, 7) is 1.05. The molecule has 1 aromatic heterocycles. The lowest BCUT2D eigenvalue weighted by Gasteiger charge is -2.10. The topological polar surface area (TPSA) is 80.3 Å². The quantitative estimate of drug-likeness (QED) is 0.640. The number of rotatable bonds is 3. The highest BCUT2D eigenvalue weighted by Crippen LogP contribution is 2.17. The number of hydrogen-bond donors (Lipinski definition) is 2. The average molecular weight is 284 g/mol. The highest BCUT2D eigenvalue weighted by molar-refractivity contribution is 6.41. The summed E-state index contributed by atoms with van der Waals surface area (Å²) in [5.74, 6) is -1.48. The van der Waals surface area contributed by atoms with Crippen molar-refractivity contribution in [1.82, 2.24) is 10.3 Å². The van der Waals surface area contributed by atoms with E-state index in [0.29, 0.717) is 18.8 Å². The van der Waals surface area contributed by atoms with Crippen LogP contribution in [0.5, 0.6) is 0 Å². The Hall–Kier alpha value is -1.66. The van der Waals surface area contributed by atoms with Gasteiger partial charge in [-0.1, -0.05) is 11.6 Å². The first kappa shape index (κ1) is 13.8. The smallest absolute Gasteiger partial charge is 0.313 e. The Labute approximate surface area is 115 Å². The molecule has 1 unspecified atom stereocenters. The van der Waals surface area contributed by atoms with Crippen LogP contribution in [0.4, 0.5) is 5.69 Å². The number of halogens is 1. The number of anilines is 1. The maximum absolute atomic E-state index is 11.6. The van der Waals surface area contributed by atoms with Gasteiger partial charge in [0.25, 0.3) is 0 Å². The van der Waals surface area contributed by atoms with Gasteiger partial charge in [-0.2, -0.15) is 0 Å². The molecular formula is C12H14ClN3O3. The number of hydrogen-bond acceptors (Lipinski definition) is 4. The molecule has 1 aromatic rings. The van der Waals surface area contributed by atoms with Crippen LogP contribution in [0, 0.1) is 0 Å².